The Balaban J connectivity index is 0.902. The molecule has 6 amide bonds. The lowest BCUT2D eigenvalue weighted by Gasteiger charge is -2.35. The predicted molar refractivity (Wildman–Crippen MR) is 261 cm³/mol. The van der Waals surface area contributed by atoms with Gasteiger partial charge in [0.1, 0.15) is 17.8 Å². The van der Waals surface area contributed by atoms with E-state index in [1.54, 1.807) is 74.9 Å². The third-order valence-electron chi connectivity index (χ3n) is 11.8. The van der Waals surface area contributed by atoms with Crippen LogP contribution < -0.4 is 26.2 Å². The molecular weight excluding hydrogens is 901 g/mol. The van der Waals surface area contributed by atoms with E-state index in [0.29, 0.717) is 62.5 Å². The van der Waals surface area contributed by atoms with E-state index in [4.69, 9.17) is 9.94 Å². The van der Waals surface area contributed by atoms with Gasteiger partial charge in [-0.2, -0.15) is 0 Å². The number of hydrogen-bond acceptors (Lipinski definition) is 12. The lowest BCUT2D eigenvalue weighted by Crippen LogP contribution is -2.57. The largest absolute Gasteiger partial charge is 0.494 e. The molecule has 18 nitrogen and oxygen atoms in total. The average molecular weight is 965 g/mol. The molecule has 1 fully saturated rings. The molecule has 5 aromatic rings. The number of carbonyl (C=O) groups is 5. The van der Waals surface area contributed by atoms with Crippen molar-refractivity contribution in [2.24, 2.45) is 5.41 Å². The lowest BCUT2D eigenvalue weighted by molar-refractivity contribution is -0.144. The van der Waals surface area contributed by atoms with E-state index in [-0.39, 0.29) is 43.8 Å². The van der Waals surface area contributed by atoms with Crippen LogP contribution in [0.5, 0.6) is 5.75 Å². The zero-order valence-corrected chi connectivity index (χ0v) is 40.8. The van der Waals surface area contributed by atoms with E-state index in [1.165, 1.54) is 4.90 Å². The number of anilines is 1. The molecule has 3 aromatic carbocycles. The number of benzene rings is 3. The van der Waals surface area contributed by atoms with Gasteiger partial charge in [0.2, 0.25) is 17.7 Å². The second-order valence-electron chi connectivity index (χ2n) is 18.3. The highest BCUT2D eigenvalue weighted by molar-refractivity contribution is 7.13. The fourth-order valence-electron chi connectivity index (χ4n) is 7.91. The number of likely N-dealkylation sites (tertiary alicyclic amines) is 1. The van der Waals surface area contributed by atoms with E-state index >= 15 is 0 Å². The van der Waals surface area contributed by atoms with Crippen LogP contribution in [0.3, 0.4) is 0 Å². The molecule has 0 aliphatic carbocycles. The van der Waals surface area contributed by atoms with E-state index in [2.05, 4.69) is 38.2 Å². The second kappa shape index (κ2) is 24.5. The highest BCUT2D eigenvalue weighted by Gasteiger charge is 2.44. The van der Waals surface area contributed by atoms with E-state index in [9.17, 15) is 29.1 Å². The van der Waals surface area contributed by atoms with Crippen LogP contribution in [0.2, 0.25) is 0 Å². The number of nitrogens with zero attached hydrogens (tertiary/aromatic N) is 6. The monoisotopic (exact) mass is 964 g/mol. The molecule has 3 heterocycles. The van der Waals surface area contributed by atoms with Crippen molar-refractivity contribution in [3.05, 3.63) is 113 Å². The molecule has 0 saturated carbocycles. The summed E-state index contributed by atoms with van der Waals surface area (Å²) in [4.78, 5) is 74.2. The van der Waals surface area contributed by atoms with Crippen LogP contribution in [0.1, 0.15) is 99.1 Å². The molecule has 2 aromatic heterocycles. The summed E-state index contributed by atoms with van der Waals surface area (Å²) in [5, 5.41) is 36.8. The zero-order chi connectivity index (χ0) is 49.5. The first kappa shape index (κ1) is 51.7. The van der Waals surface area contributed by atoms with Gasteiger partial charge in [-0.25, -0.2) is 15.3 Å². The SMILES string of the molecule is CCCCN(Cc1ccc(C(=O)NO)cc1)C(=O)Nc1ccc(OCCCn2cc(CCCC(=O)NC(C(=O)N3CC(O)CC3C(=O)NCc3ccc(-c4scnc4C)cc3)C(C)(C)C)nn2)cc1. The quantitative estimate of drug-likeness (QED) is 0.0257. The molecule has 1 aliphatic rings. The number of rotatable bonds is 22. The maximum absolute atomic E-state index is 14.1. The van der Waals surface area contributed by atoms with Crippen LogP contribution in [0, 0.1) is 12.3 Å². The number of urea groups is 1. The van der Waals surface area contributed by atoms with Crippen molar-refractivity contribution in [1.82, 2.24) is 45.9 Å². The lowest BCUT2D eigenvalue weighted by atomic mass is 9.85. The van der Waals surface area contributed by atoms with Crippen LogP contribution in [-0.2, 0) is 40.4 Å². The van der Waals surface area contributed by atoms with Crippen molar-refractivity contribution in [2.75, 3.05) is 25.0 Å². The van der Waals surface area contributed by atoms with Crippen LogP contribution in [0.4, 0.5) is 10.5 Å². The molecule has 1 aliphatic heterocycles. The number of aryl methyl sites for hydroxylation is 3. The van der Waals surface area contributed by atoms with Gasteiger partial charge in [0.05, 0.1) is 34.5 Å². The number of aromatic nitrogens is 4. The standard InChI is InChI=1S/C50H64N10O8S/c1-6-7-24-58(29-35-14-18-37(19-15-35)46(63)56-67)49(66)53-38-20-22-41(23-21-38)68-26-9-25-59-30-39(55-57-59)10-8-11-43(62)54-45(50(3,4)5)48(65)60-31-40(61)27-42(60)47(64)51-28-34-12-16-36(17-13-34)44-33(2)52-32-69-44/h12-23,30,32,40,42,45,61,67H,6-11,24-29,31H2,1-5H3,(H,51,64)(H,53,66)(H,54,62)(H,56,63). The summed E-state index contributed by atoms with van der Waals surface area (Å²) in [7, 11) is 0. The van der Waals surface area contributed by atoms with Gasteiger partial charge in [-0.05, 0) is 84.7 Å². The van der Waals surface area contributed by atoms with Gasteiger partial charge in [-0.3, -0.25) is 29.1 Å². The van der Waals surface area contributed by atoms with Gasteiger partial charge in [0, 0.05) is 69.4 Å². The number of nitrogens with one attached hydrogen (secondary N) is 4. The van der Waals surface area contributed by atoms with E-state index < -0.39 is 35.4 Å². The van der Waals surface area contributed by atoms with Crippen molar-refractivity contribution >= 4 is 46.7 Å². The summed E-state index contributed by atoms with van der Waals surface area (Å²) in [5.74, 6) is -1.03. The van der Waals surface area contributed by atoms with Crippen molar-refractivity contribution in [2.45, 2.75) is 117 Å². The molecule has 0 radical (unpaired) electrons. The minimum absolute atomic E-state index is 0.00513. The molecular formula is C50H64N10O8S. The number of unbranched alkanes of at least 4 members (excludes halogenated alkanes) is 1. The molecule has 69 heavy (non-hydrogen) atoms. The zero-order valence-electron chi connectivity index (χ0n) is 39.9. The minimum atomic E-state index is -0.921. The van der Waals surface area contributed by atoms with Gasteiger partial charge in [-0.15, -0.1) is 16.4 Å². The predicted octanol–water partition coefficient (Wildman–Crippen LogP) is 6.26. The summed E-state index contributed by atoms with van der Waals surface area (Å²) in [6.45, 7) is 11.7. The van der Waals surface area contributed by atoms with E-state index in [1.807, 2.05) is 63.7 Å². The first-order valence-corrected chi connectivity index (χ1v) is 24.3. The fourth-order valence-corrected chi connectivity index (χ4v) is 8.72. The molecule has 1 saturated heterocycles. The number of amides is 6. The molecule has 19 heteroatoms. The summed E-state index contributed by atoms with van der Waals surface area (Å²) >= 11 is 1.57. The number of ether oxygens (including phenoxy) is 1. The molecule has 3 unspecified atom stereocenters. The molecule has 6 N–H and O–H groups in total. The highest BCUT2D eigenvalue weighted by atomic mass is 32.1. The van der Waals surface area contributed by atoms with Crippen molar-refractivity contribution in [3.63, 3.8) is 0 Å². The van der Waals surface area contributed by atoms with Gasteiger partial charge in [0.25, 0.3) is 5.91 Å². The van der Waals surface area contributed by atoms with Crippen molar-refractivity contribution < 1.29 is 39.0 Å². The smallest absolute Gasteiger partial charge is 0.322 e. The first-order valence-electron chi connectivity index (χ1n) is 23.4. The molecule has 0 bridgehead atoms. The van der Waals surface area contributed by atoms with Crippen LogP contribution in [0.25, 0.3) is 10.4 Å². The van der Waals surface area contributed by atoms with Gasteiger partial charge >= 0.3 is 6.03 Å². The Bertz CT molecular complexity index is 2490. The number of thiazole rings is 1. The fraction of sp³-hybridized carbons (Fsp3) is 0.440. The van der Waals surface area contributed by atoms with Gasteiger partial charge in [0.15, 0.2) is 0 Å². The van der Waals surface area contributed by atoms with Crippen LogP contribution in [-0.4, -0.2) is 108 Å². The topological polar surface area (TPSA) is 233 Å². The maximum Gasteiger partial charge on any atom is 0.322 e. The van der Waals surface area contributed by atoms with Crippen molar-refractivity contribution in [1.29, 1.82) is 0 Å². The Morgan fingerprint density at radius 2 is 1.68 bits per heavy atom. The summed E-state index contributed by atoms with van der Waals surface area (Å²) in [5.41, 5.74) is 8.17. The second-order valence-corrected chi connectivity index (χ2v) is 19.2. The third kappa shape index (κ3) is 14.9. The van der Waals surface area contributed by atoms with Crippen LogP contribution in [0.15, 0.2) is 84.5 Å². The minimum Gasteiger partial charge on any atom is -0.494 e. The number of aliphatic hydroxyl groups excluding tert-OH is 1. The highest BCUT2D eigenvalue weighted by Crippen LogP contribution is 2.29. The van der Waals surface area contributed by atoms with Gasteiger partial charge in [-0.1, -0.05) is 75.7 Å². The Labute approximate surface area is 406 Å². The van der Waals surface area contributed by atoms with E-state index in [0.717, 1.165) is 45.8 Å². The molecule has 3 atom stereocenters. The number of carbonyl (C=O) groups excluding carboxylic acids is 5. The number of hydroxylamine groups is 1. The normalized spacial score (nSPS) is 15.0. The van der Waals surface area contributed by atoms with Crippen molar-refractivity contribution in [3.8, 4) is 16.2 Å². The Morgan fingerprint density at radius 3 is 2.35 bits per heavy atom. The number of β-amino-alcohol motifs (C(OH)–C–C–N with tert-alkyl or cyclic N) is 1. The third-order valence-corrected chi connectivity index (χ3v) is 12.8. The number of hydrogen-bond donors (Lipinski definition) is 6. The molecule has 368 valence electrons. The Morgan fingerprint density at radius 1 is 0.957 bits per heavy atom. The van der Waals surface area contributed by atoms with Crippen LogP contribution >= 0.6 is 11.3 Å². The summed E-state index contributed by atoms with van der Waals surface area (Å²) < 4.78 is 7.67. The summed E-state index contributed by atoms with van der Waals surface area (Å²) in [6.07, 6.45) is 4.61. The molecule has 6 rings (SSSR count). The number of aliphatic hydroxyl groups is 1. The molecule has 0 spiro atoms. The summed E-state index contributed by atoms with van der Waals surface area (Å²) in [6, 6.07) is 19.7. The average Bonchev–Trinajstić information content (AvgIpc) is 4.10. The maximum atomic E-state index is 14.1. The Kier molecular flexibility index (Phi) is 18.4. The van der Waals surface area contributed by atoms with Gasteiger partial charge < -0.3 is 35.6 Å². The first-order chi connectivity index (χ1) is 33.1. The Hall–Kier alpha value is -6.70.